The van der Waals surface area contributed by atoms with E-state index in [1.807, 2.05) is 0 Å². The van der Waals surface area contributed by atoms with Crippen LogP contribution in [-0.2, 0) is 0 Å². The van der Waals surface area contributed by atoms with Gasteiger partial charge in [0.15, 0.2) is 0 Å². The lowest BCUT2D eigenvalue weighted by atomic mass is 10.0. The van der Waals surface area contributed by atoms with Crippen molar-refractivity contribution in [3.63, 3.8) is 0 Å². The van der Waals surface area contributed by atoms with E-state index < -0.39 is 0 Å². The van der Waals surface area contributed by atoms with Crippen LogP contribution in [0.3, 0.4) is 0 Å². The Kier molecular flexibility index (Phi) is 3.23. The summed E-state index contributed by atoms with van der Waals surface area (Å²) in [6.45, 7) is 0.820. The molecule has 0 aliphatic heterocycles. The van der Waals surface area contributed by atoms with E-state index in [2.05, 4.69) is 18.2 Å². The highest BCUT2D eigenvalue weighted by Gasteiger charge is 1.96. The third-order valence-electron chi connectivity index (χ3n) is 1.79. The molecule has 0 aromatic carbocycles. The zero-order valence-electron chi connectivity index (χ0n) is 6.34. The Labute approximate surface area is 62.6 Å². The lowest BCUT2D eigenvalue weighted by molar-refractivity contribution is 0.801. The summed E-state index contributed by atoms with van der Waals surface area (Å²) in [6.07, 6.45) is 11.4. The summed E-state index contributed by atoms with van der Waals surface area (Å²) in [7, 11) is 0. The molecule has 0 radical (unpaired) electrons. The number of hydrogen-bond acceptors (Lipinski definition) is 1. The molecule has 1 heteroatoms. The van der Waals surface area contributed by atoms with Crippen molar-refractivity contribution in [3.05, 3.63) is 23.8 Å². The van der Waals surface area contributed by atoms with Gasteiger partial charge in [-0.2, -0.15) is 0 Å². The van der Waals surface area contributed by atoms with Gasteiger partial charge in [0.05, 0.1) is 0 Å². The summed E-state index contributed by atoms with van der Waals surface area (Å²) >= 11 is 0. The molecule has 10 heavy (non-hydrogen) atoms. The Bertz CT molecular complexity index is 145. The topological polar surface area (TPSA) is 26.0 Å². The van der Waals surface area contributed by atoms with E-state index in [0.717, 1.165) is 25.8 Å². The van der Waals surface area contributed by atoms with Crippen molar-refractivity contribution in [1.82, 2.24) is 0 Å². The van der Waals surface area contributed by atoms with Gasteiger partial charge in [0, 0.05) is 0 Å². The molecule has 0 amide bonds. The molecule has 0 heterocycles. The SMILES string of the molecule is NCCCC1=CCC=CC1. The molecule has 1 rings (SSSR count). The quantitative estimate of drug-likeness (QED) is 0.591. The van der Waals surface area contributed by atoms with Crippen LogP contribution in [0.15, 0.2) is 23.8 Å². The average Bonchev–Trinajstić information content (AvgIpc) is 2.03. The molecule has 0 bridgehead atoms. The van der Waals surface area contributed by atoms with Crippen LogP contribution in [-0.4, -0.2) is 6.54 Å². The second kappa shape index (κ2) is 4.29. The van der Waals surface area contributed by atoms with E-state index in [9.17, 15) is 0 Å². The van der Waals surface area contributed by atoms with Crippen LogP contribution in [0.2, 0.25) is 0 Å². The van der Waals surface area contributed by atoms with Crippen LogP contribution < -0.4 is 5.73 Å². The van der Waals surface area contributed by atoms with Crippen LogP contribution >= 0.6 is 0 Å². The standard InChI is InChI=1S/C9H15N/c10-8-4-7-9-5-2-1-3-6-9/h1-2,6H,3-5,7-8,10H2. The van der Waals surface area contributed by atoms with Gasteiger partial charge in [-0.15, -0.1) is 0 Å². The normalized spacial score (nSPS) is 17.1. The first-order valence-electron chi connectivity index (χ1n) is 3.96. The Morgan fingerprint density at radius 3 is 2.90 bits per heavy atom. The average molecular weight is 137 g/mol. The van der Waals surface area contributed by atoms with E-state index in [-0.39, 0.29) is 0 Å². The largest absolute Gasteiger partial charge is 0.330 e. The first-order valence-corrected chi connectivity index (χ1v) is 3.96. The number of rotatable bonds is 3. The highest BCUT2D eigenvalue weighted by Crippen LogP contribution is 2.15. The maximum atomic E-state index is 5.40. The minimum Gasteiger partial charge on any atom is -0.330 e. The van der Waals surface area contributed by atoms with Crippen molar-refractivity contribution in [2.24, 2.45) is 5.73 Å². The molecule has 0 saturated heterocycles. The molecule has 0 aromatic rings. The second-order valence-corrected chi connectivity index (χ2v) is 2.67. The van der Waals surface area contributed by atoms with E-state index in [1.165, 1.54) is 6.42 Å². The van der Waals surface area contributed by atoms with Crippen molar-refractivity contribution in [2.45, 2.75) is 25.7 Å². The van der Waals surface area contributed by atoms with Gasteiger partial charge >= 0.3 is 0 Å². The summed E-state index contributed by atoms with van der Waals surface area (Å²) in [5.74, 6) is 0. The van der Waals surface area contributed by atoms with E-state index >= 15 is 0 Å². The fraction of sp³-hybridized carbons (Fsp3) is 0.556. The van der Waals surface area contributed by atoms with Crippen molar-refractivity contribution < 1.29 is 0 Å². The van der Waals surface area contributed by atoms with Gasteiger partial charge in [0.2, 0.25) is 0 Å². The molecule has 2 N–H and O–H groups in total. The van der Waals surface area contributed by atoms with Gasteiger partial charge in [0.25, 0.3) is 0 Å². The van der Waals surface area contributed by atoms with Crippen molar-refractivity contribution in [1.29, 1.82) is 0 Å². The minimum atomic E-state index is 0.820. The Balaban J connectivity index is 2.21. The van der Waals surface area contributed by atoms with E-state index in [4.69, 9.17) is 5.73 Å². The van der Waals surface area contributed by atoms with Crippen LogP contribution in [0.25, 0.3) is 0 Å². The zero-order chi connectivity index (χ0) is 7.23. The van der Waals surface area contributed by atoms with Gasteiger partial charge in [-0.25, -0.2) is 0 Å². The van der Waals surface area contributed by atoms with Crippen molar-refractivity contribution >= 4 is 0 Å². The molecular weight excluding hydrogens is 122 g/mol. The third kappa shape index (κ3) is 2.36. The Hall–Kier alpha value is -0.560. The molecule has 0 fully saturated rings. The third-order valence-corrected chi connectivity index (χ3v) is 1.79. The van der Waals surface area contributed by atoms with Crippen LogP contribution in [0.5, 0.6) is 0 Å². The number of allylic oxidation sites excluding steroid dienone is 4. The van der Waals surface area contributed by atoms with Gasteiger partial charge in [0.1, 0.15) is 0 Å². The predicted molar refractivity (Wildman–Crippen MR) is 44.7 cm³/mol. The van der Waals surface area contributed by atoms with Gasteiger partial charge < -0.3 is 5.73 Å². The lowest BCUT2D eigenvalue weighted by Crippen LogP contribution is -1.99. The molecule has 0 spiro atoms. The number of hydrogen-bond donors (Lipinski definition) is 1. The maximum Gasteiger partial charge on any atom is -0.00742 e. The fourth-order valence-electron chi connectivity index (χ4n) is 1.18. The zero-order valence-corrected chi connectivity index (χ0v) is 6.34. The summed E-state index contributed by atoms with van der Waals surface area (Å²) in [6, 6.07) is 0. The van der Waals surface area contributed by atoms with E-state index in [1.54, 1.807) is 5.57 Å². The molecule has 0 saturated carbocycles. The van der Waals surface area contributed by atoms with Crippen LogP contribution in [0, 0.1) is 0 Å². The van der Waals surface area contributed by atoms with Gasteiger partial charge in [-0.05, 0) is 32.2 Å². The fourth-order valence-corrected chi connectivity index (χ4v) is 1.18. The summed E-state index contributed by atoms with van der Waals surface area (Å²) < 4.78 is 0. The first kappa shape index (κ1) is 7.55. The Morgan fingerprint density at radius 2 is 2.30 bits per heavy atom. The molecule has 56 valence electrons. The number of nitrogens with two attached hydrogens (primary N) is 1. The van der Waals surface area contributed by atoms with Crippen LogP contribution in [0.1, 0.15) is 25.7 Å². The molecular formula is C9H15N. The van der Waals surface area contributed by atoms with E-state index in [0.29, 0.717) is 0 Å². The Morgan fingerprint density at radius 1 is 1.40 bits per heavy atom. The highest BCUT2D eigenvalue weighted by molar-refractivity contribution is 5.14. The van der Waals surface area contributed by atoms with Gasteiger partial charge in [-0.1, -0.05) is 23.8 Å². The molecule has 1 aliphatic rings. The molecule has 1 nitrogen and oxygen atoms in total. The second-order valence-electron chi connectivity index (χ2n) is 2.67. The molecule has 0 unspecified atom stereocenters. The molecule has 0 aromatic heterocycles. The lowest BCUT2D eigenvalue weighted by Gasteiger charge is -2.06. The molecule has 0 atom stereocenters. The maximum absolute atomic E-state index is 5.40. The summed E-state index contributed by atoms with van der Waals surface area (Å²) in [5.41, 5.74) is 6.96. The predicted octanol–water partition coefficient (Wildman–Crippen LogP) is 2.00. The summed E-state index contributed by atoms with van der Waals surface area (Å²) in [5, 5.41) is 0. The highest BCUT2D eigenvalue weighted by atomic mass is 14.5. The first-order chi connectivity index (χ1) is 4.93. The molecule has 1 aliphatic carbocycles. The van der Waals surface area contributed by atoms with Crippen molar-refractivity contribution in [3.8, 4) is 0 Å². The summed E-state index contributed by atoms with van der Waals surface area (Å²) in [4.78, 5) is 0. The van der Waals surface area contributed by atoms with Crippen LogP contribution in [0.4, 0.5) is 0 Å². The monoisotopic (exact) mass is 137 g/mol. The van der Waals surface area contributed by atoms with Gasteiger partial charge in [-0.3, -0.25) is 0 Å². The minimum absolute atomic E-state index is 0.820. The van der Waals surface area contributed by atoms with Crippen molar-refractivity contribution in [2.75, 3.05) is 6.54 Å². The smallest absolute Gasteiger partial charge is 0.00742 e.